The van der Waals surface area contributed by atoms with Crippen molar-refractivity contribution in [3.63, 3.8) is 0 Å². The van der Waals surface area contributed by atoms with Crippen molar-refractivity contribution in [3.05, 3.63) is 24.3 Å². The van der Waals surface area contributed by atoms with Gasteiger partial charge in [0.05, 0.1) is 6.54 Å². The highest BCUT2D eigenvalue weighted by molar-refractivity contribution is 5.82. The molecule has 2 aliphatic heterocycles. The third kappa shape index (κ3) is 4.86. The van der Waals surface area contributed by atoms with E-state index in [-0.39, 0.29) is 5.75 Å². The molecule has 3 aromatic rings. The van der Waals surface area contributed by atoms with Gasteiger partial charge in [-0.2, -0.15) is 4.52 Å². The minimum absolute atomic E-state index is 0.318. The van der Waals surface area contributed by atoms with Crippen LogP contribution >= 0.6 is 0 Å². The Labute approximate surface area is 207 Å². The topological polar surface area (TPSA) is 71.3 Å². The largest absolute Gasteiger partial charge is 0.573 e. The Hall–Kier alpha value is -3.28. The summed E-state index contributed by atoms with van der Waals surface area (Å²) in [5, 5.41) is 13.5. The molecule has 1 aromatic carbocycles. The third-order valence-electron chi connectivity index (χ3n) is 6.87. The van der Waals surface area contributed by atoms with Gasteiger partial charge in [-0.3, -0.25) is 0 Å². The highest BCUT2D eigenvalue weighted by Crippen LogP contribution is 2.42. The molecule has 0 saturated carbocycles. The molecule has 0 bridgehead atoms. The predicted octanol–water partition coefficient (Wildman–Crippen LogP) is 3.69. The van der Waals surface area contributed by atoms with Crippen LogP contribution < -0.4 is 19.3 Å². The van der Waals surface area contributed by atoms with Crippen LogP contribution in [0.25, 0.3) is 17.0 Å². The van der Waals surface area contributed by atoms with Gasteiger partial charge >= 0.3 is 6.36 Å². The number of alkyl halides is 3. The summed E-state index contributed by atoms with van der Waals surface area (Å²) >= 11 is 0. The molecular formula is C24H30F3N7O2. The smallest absolute Gasteiger partial charge is 0.486 e. The molecule has 0 spiro atoms. The molecule has 2 aromatic heterocycles. The molecule has 0 amide bonds. The first-order valence-corrected chi connectivity index (χ1v) is 12.2. The van der Waals surface area contributed by atoms with Crippen LogP contribution in [-0.4, -0.2) is 84.5 Å². The lowest BCUT2D eigenvalue weighted by molar-refractivity contribution is -0.274. The Morgan fingerprint density at radius 3 is 2.67 bits per heavy atom. The van der Waals surface area contributed by atoms with Crippen LogP contribution in [0.4, 0.5) is 24.7 Å². The second-order valence-corrected chi connectivity index (χ2v) is 9.39. The number of anilines is 2. The van der Waals surface area contributed by atoms with Crippen molar-refractivity contribution < 1.29 is 22.6 Å². The van der Waals surface area contributed by atoms with E-state index in [1.807, 2.05) is 7.05 Å². The van der Waals surface area contributed by atoms with Crippen molar-refractivity contribution in [3.8, 4) is 22.9 Å². The number of benzene rings is 1. The molecule has 12 heteroatoms. The van der Waals surface area contributed by atoms with Gasteiger partial charge in [0.2, 0.25) is 5.65 Å². The van der Waals surface area contributed by atoms with E-state index in [2.05, 4.69) is 43.6 Å². The van der Waals surface area contributed by atoms with Crippen molar-refractivity contribution in [1.82, 2.24) is 24.7 Å². The Morgan fingerprint density at radius 1 is 1.17 bits per heavy atom. The van der Waals surface area contributed by atoms with Gasteiger partial charge in [0.1, 0.15) is 18.0 Å². The second-order valence-electron chi connectivity index (χ2n) is 9.39. The minimum atomic E-state index is -4.79. The van der Waals surface area contributed by atoms with Crippen molar-refractivity contribution in [2.75, 3.05) is 63.2 Å². The number of fused-ring (bicyclic) bond motifs is 3. The molecule has 0 unspecified atom stereocenters. The fraction of sp³-hybridized carbons (Fsp3) is 0.542. The average molecular weight is 506 g/mol. The maximum atomic E-state index is 12.8. The van der Waals surface area contributed by atoms with Crippen LogP contribution in [0.2, 0.25) is 0 Å². The van der Waals surface area contributed by atoms with Crippen molar-refractivity contribution in [2.45, 2.75) is 26.1 Å². The Balaban J connectivity index is 1.53. The lowest BCUT2D eigenvalue weighted by atomic mass is 9.96. The number of nitrogens with zero attached hydrogens (tertiary/aromatic N) is 7. The van der Waals surface area contributed by atoms with E-state index in [9.17, 15) is 13.2 Å². The molecule has 9 nitrogen and oxygen atoms in total. The van der Waals surface area contributed by atoms with Gasteiger partial charge in [0, 0.05) is 32.2 Å². The van der Waals surface area contributed by atoms with E-state index in [4.69, 9.17) is 9.84 Å². The average Bonchev–Trinajstić information content (AvgIpc) is 3.27. The van der Waals surface area contributed by atoms with Crippen molar-refractivity contribution in [2.24, 2.45) is 5.92 Å². The van der Waals surface area contributed by atoms with Gasteiger partial charge in [-0.25, -0.2) is 0 Å². The molecule has 36 heavy (non-hydrogen) atoms. The van der Waals surface area contributed by atoms with Crippen LogP contribution in [0.3, 0.4) is 0 Å². The zero-order chi connectivity index (χ0) is 25.4. The summed E-state index contributed by atoms with van der Waals surface area (Å²) in [4.78, 5) is 6.72. The second kappa shape index (κ2) is 9.64. The van der Waals surface area contributed by atoms with E-state index in [0.717, 1.165) is 50.5 Å². The van der Waals surface area contributed by atoms with Gasteiger partial charge in [-0.05, 0) is 44.5 Å². The summed E-state index contributed by atoms with van der Waals surface area (Å²) in [6, 6.07) is 5.68. The van der Waals surface area contributed by atoms with Gasteiger partial charge in [0.25, 0.3) is 0 Å². The highest BCUT2D eigenvalue weighted by atomic mass is 19.4. The number of hydrogen-bond acceptors (Lipinski definition) is 8. The van der Waals surface area contributed by atoms with Gasteiger partial charge in [0.15, 0.2) is 17.4 Å². The summed E-state index contributed by atoms with van der Waals surface area (Å²) in [6.07, 6.45) is -2.68. The zero-order valence-corrected chi connectivity index (χ0v) is 20.6. The highest BCUT2D eigenvalue weighted by Gasteiger charge is 2.33. The summed E-state index contributed by atoms with van der Waals surface area (Å²) < 4.78 is 50.0. The van der Waals surface area contributed by atoms with E-state index in [0.29, 0.717) is 41.9 Å². The molecule has 5 rings (SSSR count). The number of likely N-dealkylation sites (N-methyl/N-ethyl adjacent to an activating group) is 1. The summed E-state index contributed by atoms with van der Waals surface area (Å²) in [5.41, 5.74) is 1.70. The minimum Gasteiger partial charge on any atom is -0.486 e. The van der Waals surface area contributed by atoms with Crippen LogP contribution in [0, 0.1) is 5.92 Å². The summed E-state index contributed by atoms with van der Waals surface area (Å²) in [5.74, 6) is 1.97. The number of ether oxygens (including phenoxy) is 2. The molecular weight excluding hydrogens is 475 g/mol. The number of rotatable bonds is 6. The molecule has 0 aliphatic carbocycles. The van der Waals surface area contributed by atoms with E-state index < -0.39 is 6.36 Å². The molecule has 194 valence electrons. The van der Waals surface area contributed by atoms with E-state index >= 15 is 0 Å². The van der Waals surface area contributed by atoms with Gasteiger partial charge in [-0.1, -0.05) is 19.1 Å². The Bertz CT molecular complexity index is 1220. The number of piperidine rings is 1. The van der Waals surface area contributed by atoms with Crippen LogP contribution in [0.5, 0.6) is 11.5 Å². The number of hydrogen-bond donors (Lipinski definition) is 0. The van der Waals surface area contributed by atoms with Crippen LogP contribution in [-0.2, 0) is 0 Å². The molecule has 1 fully saturated rings. The van der Waals surface area contributed by atoms with Crippen molar-refractivity contribution in [1.29, 1.82) is 0 Å². The Morgan fingerprint density at radius 2 is 1.94 bits per heavy atom. The number of halogens is 3. The molecule has 0 radical (unpaired) electrons. The SMILES string of the molecule is CCN(C)CC1CCN(c2nn3c(-c4cccc(OC(F)(F)F)c4)nnc3c3c2N(C)CCO3)CC1. The fourth-order valence-electron chi connectivity index (χ4n) is 4.86. The maximum Gasteiger partial charge on any atom is 0.573 e. The normalized spacial score (nSPS) is 17.0. The standard InChI is InChI=1S/C24H30F3N7O2/c1-4-31(2)15-16-8-10-33(11-9-16)22-19-20(35-13-12-32(19)3)23-29-28-21(34(23)30-22)17-6-5-7-18(14-17)36-24(25,26)27/h5-7,14,16H,4,8-13,15H2,1-3H3. The maximum absolute atomic E-state index is 12.8. The molecule has 0 N–H and O–H groups in total. The first kappa shape index (κ1) is 24.4. The molecule has 1 saturated heterocycles. The van der Waals surface area contributed by atoms with E-state index in [1.165, 1.54) is 18.2 Å². The zero-order valence-electron chi connectivity index (χ0n) is 20.6. The van der Waals surface area contributed by atoms with Crippen molar-refractivity contribution >= 4 is 17.2 Å². The first-order chi connectivity index (χ1) is 17.2. The molecule has 0 atom stereocenters. The third-order valence-corrected chi connectivity index (χ3v) is 6.87. The fourth-order valence-corrected chi connectivity index (χ4v) is 4.86. The van der Waals surface area contributed by atoms with Crippen LogP contribution in [0.1, 0.15) is 19.8 Å². The van der Waals surface area contributed by atoms with Gasteiger partial charge < -0.3 is 24.2 Å². The number of aromatic nitrogens is 4. The lowest BCUT2D eigenvalue weighted by Crippen LogP contribution is -2.40. The molecule has 4 heterocycles. The van der Waals surface area contributed by atoms with Crippen LogP contribution in [0.15, 0.2) is 24.3 Å². The monoisotopic (exact) mass is 505 g/mol. The molecule has 2 aliphatic rings. The van der Waals surface area contributed by atoms with Gasteiger partial charge in [-0.15, -0.1) is 28.5 Å². The quantitative estimate of drug-likeness (QED) is 0.503. The summed E-state index contributed by atoms with van der Waals surface area (Å²) in [6.45, 7) is 7.18. The lowest BCUT2D eigenvalue weighted by Gasteiger charge is -2.37. The Kier molecular flexibility index (Phi) is 6.54. The first-order valence-electron chi connectivity index (χ1n) is 12.2. The predicted molar refractivity (Wildman–Crippen MR) is 130 cm³/mol. The summed E-state index contributed by atoms with van der Waals surface area (Å²) in [7, 11) is 4.15. The van der Waals surface area contributed by atoms with E-state index in [1.54, 1.807) is 10.6 Å².